The van der Waals surface area contributed by atoms with E-state index in [1.54, 1.807) is 18.4 Å². The van der Waals surface area contributed by atoms with E-state index in [1.807, 2.05) is 24.4 Å². The first-order valence-electron chi connectivity index (χ1n) is 7.79. The summed E-state index contributed by atoms with van der Waals surface area (Å²) >= 11 is 1.73. The van der Waals surface area contributed by atoms with Crippen molar-refractivity contribution < 1.29 is 4.74 Å². The number of nitrogens with zero attached hydrogens (tertiary/aromatic N) is 2. The molecule has 0 saturated carbocycles. The SMILES string of the molecule is CCc1cnc(CNC(=NC)NCCOc2cccc(C)c2)s1.I. The summed E-state index contributed by atoms with van der Waals surface area (Å²) in [5.41, 5.74) is 1.20. The highest BCUT2D eigenvalue weighted by Gasteiger charge is 2.02. The first-order valence-corrected chi connectivity index (χ1v) is 8.60. The van der Waals surface area contributed by atoms with Gasteiger partial charge in [0.1, 0.15) is 17.4 Å². The Kier molecular flexibility index (Phi) is 9.70. The van der Waals surface area contributed by atoms with Crippen molar-refractivity contribution in [3.63, 3.8) is 0 Å². The molecule has 2 N–H and O–H groups in total. The van der Waals surface area contributed by atoms with Crippen LogP contribution in [0.3, 0.4) is 0 Å². The number of hydrogen-bond acceptors (Lipinski definition) is 4. The molecule has 24 heavy (non-hydrogen) atoms. The highest BCUT2D eigenvalue weighted by atomic mass is 127. The highest BCUT2D eigenvalue weighted by molar-refractivity contribution is 14.0. The van der Waals surface area contributed by atoms with E-state index in [9.17, 15) is 0 Å². The van der Waals surface area contributed by atoms with Gasteiger partial charge >= 0.3 is 0 Å². The molecule has 0 amide bonds. The number of thiazole rings is 1. The van der Waals surface area contributed by atoms with Crippen molar-refractivity contribution in [3.05, 3.63) is 45.9 Å². The molecule has 0 aliphatic heterocycles. The Morgan fingerprint density at radius 2 is 2.17 bits per heavy atom. The van der Waals surface area contributed by atoms with E-state index in [-0.39, 0.29) is 24.0 Å². The second-order valence-electron chi connectivity index (χ2n) is 5.09. The van der Waals surface area contributed by atoms with Crippen molar-refractivity contribution >= 4 is 41.3 Å². The molecule has 1 aromatic carbocycles. The van der Waals surface area contributed by atoms with Crippen molar-refractivity contribution in [2.24, 2.45) is 4.99 Å². The number of aryl methyl sites for hydroxylation is 2. The van der Waals surface area contributed by atoms with Crippen LogP contribution in [0.4, 0.5) is 0 Å². The van der Waals surface area contributed by atoms with Gasteiger partial charge in [-0.2, -0.15) is 0 Å². The normalized spacial score (nSPS) is 10.9. The van der Waals surface area contributed by atoms with Crippen molar-refractivity contribution in [1.29, 1.82) is 0 Å². The minimum Gasteiger partial charge on any atom is -0.492 e. The third-order valence-corrected chi connectivity index (χ3v) is 4.37. The quantitative estimate of drug-likeness (QED) is 0.288. The lowest BCUT2D eigenvalue weighted by atomic mass is 10.2. The zero-order chi connectivity index (χ0) is 16.5. The third-order valence-electron chi connectivity index (χ3n) is 3.23. The maximum Gasteiger partial charge on any atom is 0.191 e. The van der Waals surface area contributed by atoms with Gasteiger partial charge in [0.15, 0.2) is 5.96 Å². The van der Waals surface area contributed by atoms with Gasteiger partial charge in [-0.25, -0.2) is 4.98 Å². The summed E-state index contributed by atoms with van der Waals surface area (Å²) < 4.78 is 5.71. The van der Waals surface area contributed by atoms with Gasteiger partial charge in [-0.3, -0.25) is 4.99 Å². The Labute approximate surface area is 165 Å². The second-order valence-corrected chi connectivity index (χ2v) is 6.29. The first-order chi connectivity index (χ1) is 11.2. The number of ether oxygens (including phenoxy) is 1. The van der Waals surface area contributed by atoms with E-state index < -0.39 is 0 Å². The lowest BCUT2D eigenvalue weighted by Crippen LogP contribution is -2.38. The Balaban J connectivity index is 0.00000288. The van der Waals surface area contributed by atoms with E-state index >= 15 is 0 Å². The van der Waals surface area contributed by atoms with Crippen molar-refractivity contribution in [1.82, 2.24) is 15.6 Å². The van der Waals surface area contributed by atoms with Gasteiger partial charge in [-0.15, -0.1) is 35.3 Å². The fourth-order valence-electron chi connectivity index (χ4n) is 2.02. The predicted molar refractivity (Wildman–Crippen MR) is 112 cm³/mol. The summed E-state index contributed by atoms with van der Waals surface area (Å²) in [5.74, 6) is 1.65. The van der Waals surface area contributed by atoms with Crippen LogP contribution in [-0.2, 0) is 13.0 Å². The van der Waals surface area contributed by atoms with E-state index in [0.29, 0.717) is 19.7 Å². The van der Waals surface area contributed by atoms with Crippen LogP contribution in [0, 0.1) is 6.92 Å². The molecule has 0 aliphatic carbocycles. The van der Waals surface area contributed by atoms with Crippen molar-refractivity contribution in [2.75, 3.05) is 20.2 Å². The zero-order valence-electron chi connectivity index (χ0n) is 14.3. The molecule has 0 aliphatic rings. The van der Waals surface area contributed by atoms with Gasteiger partial charge in [0.2, 0.25) is 0 Å². The Morgan fingerprint density at radius 1 is 1.33 bits per heavy atom. The highest BCUT2D eigenvalue weighted by Crippen LogP contribution is 2.13. The van der Waals surface area contributed by atoms with Crippen LogP contribution >= 0.6 is 35.3 Å². The number of guanidine groups is 1. The predicted octanol–water partition coefficient (Wildman–Crippen LogP) is 3.38. The smallest absolute Gasteiger partial charge is 0.191 e. The monoisotopic (exact) mass is 460 g/mol. The Morgan fingerprint density at radius 3 is 2.83 bits per heavy atom. The van der Waals surface area contributed by atoms with Crippen LogP contribution in [0.25, 0.3) is 0 Å². The largest absolute Gasteiger partial charge is 0.492 e. The topological polar surface area (TPSA) is 58.5 Å². The number of halogens is 1. The molecular weight excluding hydrogens is 435 g/mol. The molecule has 0 saturated heterocycles. The number of rotatable bonds is 7. The lowest BCUT2D eigenvalue weighted by molar-refractivity contribution is 0.321. The molecule has 0 fully saturated rings. The lowest BCUT2D eigenvalue weighted by Gasteiger charge is -2.12. The summed E-state index contributed by atoms with van der Waals surface area (Å²) in [6.45, 7) is 6.15. The molecule has 0 atom stereocenters. The van der Waals surface area contributed by atoms with Crippen LogP contribution in [-0.4, -0.2) is 31.1 Å². The van der Waals surface area contributed by atoms with Crippen LogP contribution in [0.15, 0.2) is 35.5 Å². The molecule has 7 heteroatoms. The molecule has 5 nitrogen and oxygen atoms in total. The molecular formula is C17H25IN4OS. The molecule has 0 unspecified atom stereocenters. The summed E-state index contributed by atoms with van der Waals surface area (Å²) in [5, 5.41) is 7.57. The van der Waals surface area contributed by atoms with E-state index in [0.717, 1.165) is 23.1 Å². The number of nitrogens with one attached hydrogen (secondary N) is 2. The first kappa shape index (κ1) is 20.7. The van der Waals surface area contributed by atoms with E-state index in [2.05, 4.69) is 40.5 Å². The van der Waals surface area contributed by atoms with Gasteiger partial charge in [0.25, 0.3) is 0 Å². The Bertz CT molecular complexity index is 645. The fourth-order valence-corrected chi connectivity index (χ4v) is 2.82. The summed E-state index contributed by atoms with van der Waals surface area (Å²) in [6.07, 6.45) is 2.97. The van der Waals surface area contributed by atoms with Crippen LogP contribution in [0.1, 0.15) is 22.4 Å². The molecule has 2 aromatic rings. The zero-order valence-corrected chi connectivity index (χ0v) is 17.5. The van der Waals surface area contributed by atoms with Crippen LogP contribution in [0.2, 0.25) is 0 Å². The van der Waals surface area contributed by atoms with Gasteiger partial charge in [-0.1, -0.05) is 19.1 Å². The standard InChI is InChI=1S/C17H24N4OS.HI/c1-4-15-11-20-16(23-15)12-21-17(18-3)19-8-9-22-14-7-5-6-13(2)10-14;/h5-7,10-11H,4,8-9,12H2,1-3H3,(H2,18,19,21);1H. The van der Waals surface area contributed by atoms with Gasteiger partial charge in [0, 0.05) is 18.1 Å². The summed E-state index contributed by atoms with van der Waals surface area (Å²) in [7, 11) is 1.76. The van der Waals surface area contributed by atoms with E-state index in [1.165, 1.54) is 10.4 Å². The number of hydrogen-bond donors (Lipinski definition) is 2. The van der Waals surface area contributed by atoms with Crippen LogP contribution in [0.5, 0.6) is 5.75 Å². The van der Waals surface area contributed by atoms with Crippen LogP contribution < -0.4 is 15.4 Å². The molecule has 0 spiro atoms. The number of aliphatic imine (C=N–C) groups is 1. The summed E-state index contributed by atoms with van der Waals surface area (Å²) in [4.78, 5) is 9.89. The number of benzene rings is 1. The van der Waals surface area contributed by atoms with Gasteiger partial charge in [-0.05, 0) is 31.0 Å². The maximum absolute atomic E-state index is 5.71. The van der Waals surface area contributed by atoms with Gasteiger partial charge < -0.3 is 15.4 Å². The van der Waals surface area contributed by atoms with Crippen molar-refractivity contribution in [3.8, 4) is 5.75 Å². The van der Waals surface area contributed by atoms with E-state index in [4.69, 9.17) is 4.74 Å². The molecule has 132 valence electrons. The minimum atomic E-state index is 0. The average Bonchev–Trinajstić information content (AvgIpc) is 3.02. The molecule has 0 radical (unpaired) electrons. The molecule has 1 aromatic heterocycles. The number of aromatic nitrogens is 1. The molecule has 0 bridgehead atoms. The summed E-state index contributed by atoms with van der Waals surface area (Å²) in [6, 6.07) is 8.05. The van der Waals surface area contributed by atoms with Crippen molar-refractivity contribution in [2.45, 2.75) is 26.8 Å². The Hall–Kier alpha value is -1.35. The third kappa shape index (κ3) is 7.04. The molecule has 1 heterocycles. The minimum absolute atomic E-state index is 0. The van der Waals surface area contributed by atoms with Gasteiger partial charge in [0.05, 0.1) is 13.1 Å². The average molecular weight is 460 g/mol. The maximum atomic E-state index is 5.71. The second kappa shape index (κ2) is 11.2. The fraction of sp³-hybridized carbons (Fsp3) is 0.412. The molecule has 2 rings (SSSR count).